The fourth-order valence-corrected chi connectivity index (χ4v) is 2.44. The van der Waals surface area contributed by atoms with Gasteiger partial charge in [-0.05, 0) is 30.3 Å². The summed E-state index contributed by atoms with van der Waals surface area (Å²) >= 11 is 0. The Hall–Kier alpha value is -3.16. The van der Waals surface area contributed by atoms with Crippen LogP contribution in [0, 0.1) is 0 Å². The topological polar surface area (TPSA) is 81.8 Å². The van der Waals surface area contributed by atoms with Crippen molar-refractivity contribution in [3.63, 3.8) is 0 Å². The number of furan rings is 1. The number of nitrogens with zero attached hydrogens (tertiary/aromatic N) is 1. The first-order valence-electron chi connectivity index (χ1n) is 7.19. The molecule has 0 amide bonds. The molecule has 25 heavy (non-hydrogen) atoms. The predicted octanol–water partition coefficient (Wildman–Crippen LogP) is 4.05. The highest BCUT2D eigenvalue weighted by atomic mass is 19.3. The van der Waals surface area contributed by atoms with Gasteiger partial charge in [0, 0.05) is 11.6 Å². The summed E-state index contributed by atoms with van der Waals surface area (Å²) in [6.45, 7) is 0.116. The zero-order valence-corrected chi connectivity index (χ0v) is 13.0. The van der Waals surface area contributed by atoms with E-state index in [0.29, 0.717) is 17.2 Å². The molecule has 0 unspecified atom stereocenters. The molecule has 8 heteroatoms. The lowest BCUT2D eigenvalue weighted by Gasteiger charge is -2.09. The number of aromatic carboxylic acids is 1. The van der Waals surface area contributed by atoms with Crippen LogP contribution in [0.15, 0.2) is 40.9 Å². The first-order valence-corrected chi connectivity index (χ1v) is 7.19. The maximum Gasteiger partial charge on any atom is 0.340 e. The molecule has 0 fully saturated rings. The Morgan fingerprint density at radius 3 is 2.84 bits per heavy atom. The Bertz CT molecular complexity index is 923. The molecule has 3 rings (SSSR count). The van der Waals surface area contributed by atoms with Gasteiger partial charge in [-0.2, -0.15) is 0 Å². The van der Waals surface area contributed by atoms with Crippen molar-refractivity contribution in [3.8, 4) is 11.6 Å². The van der Waals surface area contributed by atoms with Crippen LogP contribution in [0.4, 0.5) is 8.78 Å². The van der Waals surface area contributed by atoms with Crippen molar-refractivity contribution in [3.05, 3.63) is 53.4 Å². The second-order valence-corrected chi connectivity index (χ2v) is 5.07. The SMILES string of the molecule is COc1ncccc1COc1ccc2oc(C(F)F)c(C(=O)O)c2c1. The number of pyridine rings is 1. The summed E-state index contributed by atoms with van der Waals surface area (Å²) in [4.78, 5) is 15.4. The molecule has 2 heterocycles. The minimum Gasteiger partial charge on any atom is -0.489 e. The normalized spacial score (nSPS) is 11.0. The van der Waals surface area contributed by atoms with Crippen molar-refractivity contribution in [1.82, 2.24) is 4.98 Å². The van der Waals surface area contributed by atoms with Crippen LogP contribution >= 0.6 is 0 Å². The number of hydrogen-bond acceptors (Lipinski definition) is 5. The summed E-state index contributed by atoms with van der Waals surface area (Å²) in [6, 6.07) is 7.74. The Morgan fingerprint density at radius 1 is 1.36 bits per heavy atom. The van der Waals surface area contributed by atoms with Gasteiger partial charge in [-0.15, -0.1) is 0 Å². The highest BCUT2D eigenvalue weighted by Crippen LogP contribution is 2.34. The van der Waals surface area contributed by atoms with Crippen LogP contribution in [0.5, 0.6) is 11.6 Å². The van der Waals surface area contributed by atoms with E-state index in [4.69, 9.17) is 13.9 Å². The third kappa shape index (κ3) is 3.23. The molecule has 0 aliphatic rings. The van der Waals surface area contributed by atoms with Crippen molar-refractivity contribution >= 4 is 16.9 Å². The number of benzene rings is 1. The average Bonchev–Trinajstić information content (AvgIpc) is 2.99. The molecular formula is C17H13F2NO5. The number of rotatable bonds is 6. The molecule has 1 N–H and O–H groups in total. The van der Waals surface area contributed by atoms with Crippen LogP contribution < -0.4 is 9.47 Å². The van der Waals surface area contributed by atoms with Gasteiger partial charge in [0.2, 0.25) is 5.88 Å². The molecule has 0 spiro atoms. The summed E-state index contributed by atoms with van der Waals surface area (Å²) < 4.78 is 41.6. The second kappa shape index (κ2) is 6.76. The van der Waals surface area contributed by atoms with Gasteiger partial charge in [-0.3, -0.25) is 0 Å². The van der Waals surface area contributed by atoms with Gasteiger partial charge in [0.25, 0.3) is 6.43 Å². The summed E-state index contributed by atoms with van der Waals surface area (Å²) in [5.41, 5.74) is 0.178. The fourth-order valence-electron chi connectivity index (χ4n) is 2.44. The molecule has 0 bridgehead atoms. The lowest BCUT2D eigenvalue weighted by Crippen LogP contribution is -2.01. The van der Waals surface area contributed by atoms with Crippen LogP contribution in [0.1, 0.15) is 28.1 Å². The summed E-state index contributed by atoms with van der Waals surface area (Å²) in [5, 5.41) is 9.26. The summed E-state index contributed by atoms with van der Waals surface area (Å²) in [5.74, 6) is -1.64. The fraction of sp³-hybridized carbons (Fsp3) is 0.176. The zero-order valence-electron chi connectivity index (χ0n) is 13.0. The molecule has 130 valence electrons. The zero-order chi connectivity index (χ0) is 18.0. The summed E-state index contributed by atoms with van der Waals surface area (Å²) in [6.07, 6.45) is -1.45. The van der Waals surface area contributed by atoms with Crippen LogP contribution in [-0.2, 0) is 6.61 Å². The van der Waals surface area contributed by atoms with E-state index >= 15 is 0 Å². The van der Waals surface area contributed by atoms with E-state index in [0.717, 1.165) is 0 Å². The molecule has 2 aromatic heterocycles. The highest BCUT2D eigenvalue weighted by molar-refractivity contribution is 6.04. The largest absolute Gasteiger partial charge is 0.489 e. The minimum atomic E-state index is -3.03. The van der Waals surface area contributed by atoms with Crippen LogP contribution in [0.3, 0.4) is 0 Å². The van der Waals surface area contributed by atoms with Gasteiger partial charge in [-0.1, -0.05) is 0 Å². The quantitative estimate of drug-likeness (QED) is 0.723. The van der Waals surface area contributed by atoms with Crippen molar-refractivity contribution < 1.29 is 32.6 Å². The van der Waals surface area contributed by atoms with Gasteiger partial charge < -0.3 is 19.0 Å². The number of aromatic nitrogens is 1. The molecular weight excluding hydrogens is 336 g/mol. The molecule has 0 atom stereocenters. The van der Waals surface area contributed by atoms with E-state index < -0.39 is 23.7 Å². The standard InChI is InChI=1S/C17H13F2NO5/c1-23-16-9(3-2-6-20-16)8-24-10-4-5-12-11(7-10)13(17(21)22)14(25-12)15(18)19/h2-7,15H,8H2,1H3,(H,21,22). The lowest BCUT2D eigenvalue weighted by molar-refractivity contribution is 0.0676. The first-order chi connectivity index (χ1) is 12.0. The number of halogens is 2. The molecule has 0 radical (unpaired) electrons. The molecule has 0 saturated heterocycles. The molecule has 1 aromatic carbocycles. The van der Waals surface area contributed by atoms with Gasteiger partial charge in [0.15, 0.2) is 5.76 Å². The smallest absolute Gasteiger partial charge is 0.340 e. The molecule has 0 saturated carbocycles. The van der Waals surface area contributed by atoms with Gasteiger partial charge >= 0.3 is 5.97 Å². The van der Waals surface area contributed by atoms with E-state index in [1.165, 1.54) is 25.3 Å². The number of hydrogen-bond donors (Lipinski definition) is 1. The van der Waals surface area contributed by atoms with E-state index in [1.807, 2.05) is 0 Å². The van der Waals surface area contributed by atoms with Crippen LogP contribution in [0.2, 0.25) is 0 Å². The van der Waals surface area contributed by atoms with E-state index in [9.17, 15) is 18.7 Å². The minimum absolute atomic E-state index is 0.0541. The van der Waals surface area contributed by atoms with Crippen molar-refractivity contribution in [2.24, 2.45) is 0 Å². The number of fused-ring (bicyclic) bond motifs is 1. The number of alkyl halides is 2. The monoisotopic (exact) mass is 349 g/mol. The number of methoxy groups -OCH3 is 1. The molecule has 3 aromatic rings. The van der Waals surface area contributed by atoms with E-state index in [2.05, 4.69) is 4.98 Å². The Labute approximate surface area is 140 Å². The number of carboxylic acids is 1. The van der Waals surface area contributed by atoms with Gasteiger partial charge in [0.05, 0.1) is 12.7 Å². The maximum atomic E-state index is 13.0. The maximum absolute atomic E-state index is 13.0. The Balaban J connectivity index is 1.93. The number of ether oxygens (including phenoxy) is 2. The second-order valence-electron chi connectivity index (χ2n) is 5.07. The van der Waals surface area contributed by atoms with Gasteiger partial charge in [0.1, 0.15) is 23.5 Å². The van der Waals surface area contributed by atoms with Crippen LogP contribution in [0.25, 0.3) is 11.0 Å². The van der Waals surface area contributed by atoms with Crippen LogP contribution in [-0.4, -0.2) is 23.2 Å². The molecule has 6 nitrogen and oxygen atoms in total. The van der Waals surface area contributed by atoms with Gasteiger partial charge in [-0.25, -0.2) is 18.6 Å². The number of carbonyl (C=O) groups is 1. The summed E-state index contributed by atoms with van der Waals surface area (Å²) in [7, 11) is 1.48. The average molecular weight is 349 g/mol. The van der Waals surface area contributed by atoms with Crippen molar-refractivity contribution in [2.45, 2.75) is 13.0 Å². The third-order valence-electron chi connectivity index (χ3n) is 3.54. The lowest BCUT2D eigenvalue weighted by atomic mass is 10.1. The predicted molar refractivity (Wildman–Crippen MR) is 83.3 cm³/mol. The highest BCUT2D eigenvalue weighted by Gasteiger charge is 2.26. The third-order valence-corrected chi connectivity index (χ3v) is 3.54. The first kappa shape index (κ1) is 16.7. The Kier molecular flexibility index (Phi) is 4.51. The molecule has 0 aliphatic carbocycles. The number of carboxylic acid groups (broad SMARTS) is 1. The van der Waals surface area contributed by atoms with Crippen molar-refractivity contribution in [2.75, 3.05) is 7.11 Å². The van der Waals surface area contributed by atoms with E-state index in [1.54, 1.807) is 18.3 Å². The van der Waals surface area contributed by atoms with Crippen molar-refractivity contribution in [1.29, 1.82) is 0 Å². The Morgan fingerprint density at radius 2 is 2.16 bits per heavy atom. The molecule has 0 aliphatic heterocycles. The van der Waals surface area contributed by atoms with E-state index in [-0.39, 0.29) is 17.6 Å².